The highest BCUT2D eigenvalue weighted by atomic mass is 19.3. The molecule has 1 aromatic carbocycles. The Balaban J connectivity index is 1.86. The van der Waals surface area contributed by atoms with Gasteiger partial charge < -0.3 is 10.1 Å². The van der Waals surface area contributed by atoms with E-state index < -0.39 is 12.5 Å². The molecule has 0 radical (unpaired) electrons. The zero-order valence-corrected chi connectivity index (χ0v) is 13.1. The van der Waals surface area contributed by atoms with Crippen LogP contribution in [0.3, 0.4) is 0 Å². The van der Waals surface area contributed by atoms with Crippen molar-refractivity contribution >= 4 is 5.91 Å². The van der Waals surface area contributed by atoms with Crippen molar-refractivity contribution < 1.29 is 18.3 Å². The summed E-state index contributed by atoms with van der Waals surface area (Å²) in [4.78, 5) is 12.1. The summed E-state index contributed by atoms with van der Waals surface area (Å²) >= 11 is 0. The van der Waals surface area contributed by atoms with Crippen LogP contribution in [-0.4, -0.2) is 28.8 Å². The Morgan fingerprint density at radius 1 is 1.35 bits per heavy atom. The second-order valence-electron chi connectivity index (χ2n) is 5.13. The number of hydrogen-bond acceptors (Lipinski definition) is 3. The summed E-state index contributed by atoms with van der Waals surface area (Å²) in [6.45, 7) is 2.02. The van der Waals surface area contributed by atoms with Crippen LogP contribution in [0.2, 0.25) is 0 Å². The van der Waals surface area contributed by atoms with Crippen LogP contribution in [0.4, 0.5) is 8.78 Å². The molecule has 0 aliphatic heterocycles. The van der Waals surface area contributed by atoms with E-state index in [1.165, 1.54) is 18.2 Å². The van der Waals surface area contributed by atoms with Crippen LogP contribution < -0.4 is 10.1 Å². The first kappa shape index (κ1) is 16.9. The predicted octanol–water partition coefficient (Wildman–Crippen LogP) is 2.92. The maximum atomic E-state index is 12.3. The summed E-state index contributed by atoms with van der Waals surface area (Å²) in [5, 5.41) is 7.04. The minimum absolute atomic E-state index is 0.0962. The number of para-hydroxylation sites is 1. The van der Waals surface area contributed by atoms with Crippen molar-refractivity contribution in [2.75, 3.05) is 6.54 Å². The third-order valence-corrected chi connectivity index (χ3v) is 3.28. The number of ether oxygens (including phenoxy) is 1. The van der Waals surface area contributed by atoms with E-state index in [1.54, 1.807) is 6.07 Å². The first-order valence-electron chi connectivity index (χ1n) is 7.30. The lowest BCUT2D eigenvalue weighted by atomic mass is 10.2. The zero-order chi connectivity index (χ0) is 16.8. The number of aryl methyl sites for hydroxylation is 3. The van der Waals surface area contributed by atoms with Crippen LogP contribution >= 0.6 is 0 Å². The van der Waals surface area contributed by atoms with Gasteiger partial charge in [0.15, 0.2) is 0 Å². The molecule has 0 bridgehead atoms. The van der Waals surface area contributed by atoms with Crippen molar-refractivity contribution in [3.63, 3.8) is 0 Å². The highest BCUT2D eigenvalue weighted by molar-refractivity contribution is 5.96. The van der Waals surface area contributed by atoms with Gasteiger partial charge in [0.1, 0.15) is 5.75 Å². The van der Waals surface area contributed by atoms with Gasteiger partial charge in [0.25, 0.3) is 5.91 Å². The highest BCUT2D eigenvalue weighted by Gasteiger charge is 2.14. The Bertz CT molecular complexity index is 671. The average molecular weight is 323 g/mol. The van der Waals surface area contributed by atoms with Crippen LogP contribution in [-0.2, 0) is 6.54 Å². The number of carbonyl (C=O) groups is 1. The normalized spacial score (nSPS) is 10.8. The number of benzene rings is 1. The first-order valence-corrected chi connectivity index (χ1v) is 7.30. The van der Waals surface area contributed by atoms with Gasteiger partial charge in [-0.15, -0.1) is 0 Å². The van der Waals surface area contributed by atoms with E-state index >= 15 is 0 Å². The molecule has 0 unspecified atom stereocenters. The molecule has 0 spiro atoms. The van der Waals surface area contributed by atoms with Gasteiger partial charge >= 0.3 is 6.61 Å². The van der Waals surface area contributed by atoms with Gasteiger partial charge in [0, 0.05) is 18.8 Å². The summed E-state index contributed by atoms with van der Waals surface area (Å²) in [5.74, 6) is -0.562. The molecule has 0 aliphatic carbocycles. The minimum Gasteiger partial charge on any atom is -0.434 e. The number of carbonyl (C=O) groups excluding carboxylic acids is 1. The van der Waals surface area contributed by atoms with E-state index in [2.05, 4.69) is 15.2 Å². The number of nitrogens with zero attached hydrogens (tertiary/aromatic N) is 2. The molecule has 2 rings (SSSR count). The SMILES string of the molecule is Cc1cc(C)n(CCCNC(=O)c2ccccc2OC(F)F)n1. The van der Waals surface area contributed by atoms with Crippen molar-refractivity contribution in [2.45, 2.75) is 33.4 Å². The first-order chi connectivity index (χ1) is 11.0. The number of nitrogens with one attached hydrogen (secondary N) is 1. The maximum absolute atomic E-state index is 12.3. The average Bonchev–Trinajstić information content (AvgIpc) is 2.81. The fraction of sp³-hybridized carbons (Fsp3) is 0.375. The molecule has 0 saturated heterocycles. The summed E-state index contributed by atoms with van der Waals surface area (Å²) in [7, 11) is 0. The van der Waals surface area contributed by atoms with E-state index in [0.29, 0.717) is 19.5 Å². The second-order valence-corrected chi connectivity index (χ2v) is 5.13. The molecule has 5 nitrogen and oxygen atoms in total. The van der Waals surface area contributed by atoms with Gasteiger partial charge in [-0.3, -0.25) is 9.48 Å². The highest BCUT2D eigenvalue weighted by Crippen LogP contribution is 2.20. The number of alkyl halides is 2. The molecular formula is C16H19F2N3O2. The Hall–Kier alpha value is -2.44. The van der Waals surface area contributed by atoms with Gasteiger partial charge in [0.05, 0.1) is 11.3 Å². The van der Waals surface area contributed by atoms with Crippen molar-refractivity contribution in [1.82, 2.24) is 15.1 Å². The topological polar surface area (TPSA) is 56.2 Å². The molecule has 23 heavy (non-hydrogen) atoms. The molecule has 7 heteroatoms. The van der Waals surface area contributed by atoms with E-state index in [9.17, 15) is 13.6 Å². The fourth-order valence-electron chi connectivity index (χ4n) is 2.28. The van der Waals surface area contributed by atoms with Gasteiger partial charge in [-0.1, -0.05) is 12.1 Å². The standard InChI is InChI=1S/C16H19F2N3O2/c1-11-10-12(2)21(20-11)9-5-8-19-15(22)13-6-3-4-7-14(13)23-16(17)18/h3-4,6-7,10,16H,5,8-9H2,1-2H3,(H,19,22). The lowest BCUT2D eigenvalue weighted by Gasteiger charge is -2.11. The number of hydrogen-bond donors (Lipinski definition) is 1. The van der Waals surface area contributed by atoms with Gasteiger partial charge in [-0.2, -0.15) is 13.9 Å². The van der Waals surface area contributed by atoms with E-state index in [-0.39, 0.29) is 11.3 Å². The monoisotopic (exact) mass is 323 g/mol. The Labute approximate surface area is 133 Å². The van der Waals surface area contributed by atoms with Crippen molar-refractivity contribution in [3.8, 4) is 5.75 Å². The number of rotatable bonds is 7. The predicted molar refractivity (Wildman–Crippen MR) is 81.7 cm³/mol. The van der Waals surface area contributed by atoms with Gasteiger partial charge in [-0.05, 0) is 38.5 Å². The third kappa shape index (κ3) is 4.77. The van der Waals surface area contributed by atoms with E-state index in [4.69, 9.17) is 0 Å². The number of halogens is 2. The molecule has 2 aromatic rings. The molecule has 0 aliphatic rings. The summed E-state index contributed by atoms with van der Waals surface area (Å²) in [5.41, 5.74) is 2.10. The lowest BCUT2D eigenvalue weighted by molar-refractivity contribution is -0.0501. The van der Waals surface area contributed by atoms with E-state index in [0.717, 1.165) is 11.4 Å². The maximum Gasteiger partial charge on any atom is 0.387 e. The molecular weight excluding hydrogens is 304 g/mol. The van der Waals surface area contributed by atoms with Crippen molar-refractivity contribution in [3.05, 3.63) is 47.3 Å². The third-order valence-electron chi connectivity index (χ3n) is 3.28. The lowest BCUT2D eigenvalue weighted by Crippen LogP contribution is -2.26. The second kappa shape index (κ2) is 7.71. The summed E-state index contributed by atoms with van der Waals surface area (Å²) in [6.07, 6.45) is 0.686. The fourth-order valence-corrected chi connectivity index (χ4v) is 2.28. The van der Waals surface area contributed by atoms with E-state index in [1.807, 2.05) is 24.6 Å². The van der Waals surface area contributed by atoms with Crippen LogP contribution in [0.25, 0.3) is 0 Å². The molecule has 1 amide bonds. The Morgan fingerprint density at radius 2 is 2.09 bits per heavy atom. The molecule has 1 aromatic heterocycles. The Morgan fingerprint density at radius 3 is 2.74 bits per heavy atom. The van der Waals surface area contributed by atoms with Crippen LogP contribution in [0.1, 0.15) is 28.2 Å². The molecule has 0 saturated carbocycles. The quantitative estimate of drug-likeness (QED) is 0.797. The minimum atomic E-state index is -2.96. The molecule has 0 fully saturated rings. The Kier molecular flexibility index (Phi) is 5.67. The van der Waals surface area contributed by atoms with Crippen LogP contribution in [0, 0.1) is 13.8 Å². The molecule has 124 valence electrons. The van der Waals surface area contributed by atoms with Crippen LogP contribution in [0.5, 0.6) is 5.75 Å². The number of amides is 1. The molecule has 0 atom stereocenters. The summed E-state index contributed by atoms with van der Waals surface area (Å²) in [6, 6.07) is 7.92. The zero-order valence-electron chi connectivity index (χ0n) is 13.1. The van der Waals surface area contributed by atoms with Crippen molar-refractivity contribution in [2.24, 2.45) is 0 Å². The van der Waals surface area contributed by atoms with Crippen molar-refractivity contribution in [1.29, 1.82) is 0 Å². The largest absolute Gasteiger partial charge is 0.434 e. The number of aromatic nitrogens is 2. The molecule has 1 N–H and O–H groups in total. The smallest absolute Gasteiger partial charge is 0.387 e. The molecule has 1 heterocycles. The van der Waals surface area contributed by atoms with Gasteiger partial charge in [-0.25, -0.2) is 0 Å². The van der Waals surface area contributed by atoms with Gasteiger partial charge in [0.2, 0.25) is 0 Å². The summed E-state index contributed by atoms with van der Waals surface area (Å²) < 4.78 is 30.9. The van der Waals surface area contributed by atoms with Crippen LogP contribution in [0.15, 0.2) is 30.3 Å².